The van der Waals surface area contributed by atoms with Gasteiger partial charge in [-0.25, -0.2) is 0 Å². The first kappa shape index (κ1) is 12.0. The van der Waals surface area contributed by atoms with Crippen molar-refractivity contribution in [3.8, 4) is 6.07 Å². The van der Waals surface area contributed by atoms with E-state index >= 15 is 0 Å². The van der Waals surface area contributed by atoms with E-state index < -0.39 is 0 Å². The summed E-state index contributed by atoms with van der Waals surface area (Å²) < 4.78 is 0. The fraction of sp³-hybridized carbons (Fsp3) is 0.533. The number of hydrogen-bond donors (Lipinski definition) is 0. The van der Waals surface area contributed by atoms with Gasteiger partial charge in [-0.15, -0.1) is 0 Å². The van der Waals surface area contributed by atoms with E-state index in [4.69, 9.17) is 5.26 Å². The molecule has 1 atom stereocenters. The van der Waals surface area contributed by atoms with Gasteiger partial charge in [0.15, 0.2) is 0 Å². The molecule has 0 saturated heterocycles. The molecular formula is C15H20N2. The van der Waals surface area contributed by atoms with Crippen LogP contribution in [0.2, 0.25) is 0 Å². The van der Waals surface area contributed by atoms with Crippen molar-refractivity contribution in [3.05, 3.63) is 29.3 Å². The molecule has 1 aliphatic rings. The Kier molecular flexibility index (Phi) is 2.87. The summed E-state index contributed by atoms with van der Waals surface area (Å²) in [6.45, 7) is 10.1. The Morgan fingerprint density at radius 1 is 1.47 bits per heavy atom. The number of anilines is 1. The van der Waals surface area contributed by atoms with E-state index in [0.29, 0.717) is 5.92 Å². The summed E-state index contributed by atoms with van der Waals surface area (Å²) in [4.78, 5) is 2.45. The second kappa shape index (κ2) is 4.07. The fourth-order valence-corrected chi connectivity index (χ4v) is 3.16. The Labute approximate surface area is 104 Å². The van der Waals surface area contributed by atoms with Crippen LogP contribution in [0, 0.1) is 11.3 Å². The lowest BCUT2D eigenvalue weighted by molar-refractivity contribution is 0.381. The maximum atomic E-state index is 8.99. The van der Waals surface area contributed by atoms with Crippen molar-refractivity contribution in [2.75, 3.05) is 11.4 Å². The summed E-state index contributed by atoms with van der Waals surface area (Å²) in [7, 11) is 0. The molecule has 0 saturated carbocycles. The average Bonchev–Trinajstić information content (AvgIpc) is 2.28. The normalized spacial score (nSPS) is 21.8. The zero-order valence-electron chi connectivity index (χ0n) is 11.1. The molecule has 2 rings (SSSR count). The van der Waals surface area contributed by atoms with Gasteiger partial charge in [0, 0.05) is 17.8 Å². The van der Waals surface area contributed by atoms with Crippen LogP contribution in [-0.4, -0.2) is 12.1 Å². The summed E-state index contributed by atoms with van der Waals surface area (Å²) in [5.74, 6) is 0.524. The van der Waals surface area contributed by atoms with Gasteiger partial charge in [0.25, 0.3) is 0 Å². The van der Waals surface area contributed by atoms with Gasteiger partial charge in [0.05, 0.1) is 11.6 Å². The first-order valence-corrected chi connectivity index (χ1v) is 6.31. The first-order chi connectivity index (χ1) is 7.99. The third kappa shape index (κ3) is 1.91. The highest BCUT2D eigenvalue weighted by molar-refractivity contribution is 5.61. The maximum Gasteiger partial charge on any atom is 0.0991 e. The Hall–Kier alpha value is -1.49. The van der Waals surface area contributed by atoms with Crippen LogP contribution in [0.4, 0.5) is 5.69 Å². The second-order valence-electron chi connectivity index (χ2n) is 5.55. The van der Waals surface area contributed by atoms with Crippen LogP contribution < -0.4 is 4.90 Å². The van der Waals surface area contributed by atoms with Gasteiger partial charge < -0.3 is 4.90 Å². The molecule has 1 aromatic carbocycles. The molecule has 0 spiro atoms. The van der Waals surface area contributed by atoms with Crippen molar-refractivity contribution >= 4 is 5.69 Å². The van der Waals surface area contributed by atoms with E-state index in [1.54, 1.807) is 0 Å². The molecular weight excluding hydrogens is 208 g/mol. The maximum absolute atomic E-state index is 8.99. The predicted octanol–water partition coefficient (Wildman–Crippen LogP) is 3.67. The molecule has 0 bridgehead atoms. The van der Waals surface area contributed by atoms with Crippen LogP contribution in [0.1, 0.15) is 51.2 Å². The van der Waals surface area contributed by atoms with Crippen LogP contribution in [0.5, 0.6) is 0 Å². The number of hydrogen-bond acceptors (Lipinski definition) is 2. The van der Waals surface area contributed by atoms with Gasteiger partial charge in [-0.1, -0.05) is 6.92 Å². The Bertz CT molecular complexity index is 468. The molecule has 1 unspecified atom stereocenters. The molecule has 17 heavy (non-hydrogen) atoms. The van der Waals surface area contributed by atoms with Gasteiger partial charge in [-0.2, -0.15) is 5.26 Å². The quantitative estimate of drug-likeness (QED) is 0.733. The molecule has 2 nitrogen and oxygen atoms in total. The number of rotatable bonds is 1. The lowest BCUT2D eigenvalue weighted by atomic mass is 9.79. The summed E-state index contributed by atoms with van der Waals surface area (Å²) in [6.07, 6.45) is 1.14. The topological polar surface area (TPSA) is 27.0 Å². The van der Waals surface area contributed by atoms with Crippen LogP contribution in [0.25, 0.3) is 0 Å². The van der Waals surface area contributed by atoms with E-state index in [9.17, 15) is 0 Å². The van der Waals surface area contributed by atoms with E-state index in [0.717, 1.165) is 18.5 Å². The number of nitriles is 1. The van der Waals surface area contributed by atoms with Crippen molar-refractivity contribution in [3.63, 3.8) is 0 Å². The third-order valence-corrected chi connectivity index (χ3v) is 3.83. The highest BCUT2D eigenvalue weighted by Crippen LogP contribution is 2.43. The largest absolute Gasteiger partial charge is 0.366 e. The first-order valence-electron chi connectivity index (χ1n) is 6.31. The van der Waals surface area contributed by atoms with E-state index in [2.05, 4.69) is 50.8 Å². The number of nitrogens with zero attached hydrogens (tertiary/aromatic N) is 2. The van der Waals surface area contributed by atoms with Crippen LogP contribution in [0.3, 0.4) is 0 Å². The molecule has 2 heteroatoms. The zero-order chi connectivity index (χ0) is 12.6. The molecule has 0 N–H and O–H groups in total. The standard InChI is InChI=1S/C15H20N2/c1-5-17-14-7-6-12(10-16)8-13(14)11(2)9-15(17,3)4/h6-8,11H,5,9H2,1-4H3. The van der Waals surface area contributed by atoms with Crippen molar-refractivity contribution < 1.29 is 0 Å². The molecule has 1 aromatic rings. The van der Waals surface area contributed by atoms with Gasteiger partial charge in [-0.3, -0.25) is 0 Å². The summed E-state index contributed by atoms with van der Waals surface area (Å²) in [5.41, 5.74) is 3.60. The summed E-state index contributed by atoms with van der Waals surface area (Å²) in [6, 6.07) is 8.32. The summed E-state index contributed by atoms with van der Waals surface area (Å²) in [5, 5.41) is 8.99. The van der Waals surface area contributed by atoms with Gasteiger partial charge in [0.1, 0.15) is 0 Å². The second-order valence-corrected chi connectivity index (χ2v) is 5.55. The van der Waals surface area contributed by atoms with Crippen LogP contribution >= 0.6 is 0 Å². The highest BCUT2D eigenvalue weighted by atomic mass is 15.2. The SMILES string of the molecule is CCN1c2ccc(C#N)cc2C(C)CC1(C)C. The van der Waals surface area contributed by atoms with Crippen LogP contribution in [-0.2, 0) is 0 Å². The Morgan fingerprint density at radius 2 is 2.18 bits per heavy atom. The third-order valence-electron chi connectivity index (χ3n) is 3.83. The molecule has 0 aromatic heterocycles. The molecule has 90 valence electrons. The minimum absolute atomic E-state index is 0.204. The fourth-order valence-electron chi connectivity index (χ4n) is 3.16. The van der Waals surface area contributed by atoms with Gasteiger partial charge in [0.2, 0.25) is 0 Å². The van der Waals surface area contributed by atoms with Crippen molar-refractivity contribution in [1.82, 2.24) is 0 Å². The van der Waals surface area contributed by atoms with E-state index in [-0.39, 0.29) is 5.54 Å². The molecule has 0 radical (unpaired) electrons. The minimum Gasteiger partial charge on any atom is -0.366 e. The molecule has 0 amide bonds. The molecule has 0 fully saturated rings. The van der Waals surface area contributed by atoms with E-state index in [1.165, 1.54) is 11.3 Å². The number of benzene rings is 1. The van der Waals surface area contributed by atoms with Crippen molar-refractivity contribution in [2.45, 2.75) is 45.6 Å². The lowest BCUT2D eigenvalue weighted by Crippen LogP contribution is -2.48. The molecule has 0 aliphatic carbocycles. The van der Waals surface area contributed by atoms with E-state index in [1.807, 2.05) is 6.07 Å². The monoisotopic (exact) mass is 228 g/mol. The van der Waals surface area contributed by atoms with Crippen molar-refractivity contribution in [2.24, 2.45) is 0 Å². The molecule has 1 aliphatic heterocycles. The Morgan fingerprint density at radius 3 is 2.76 bits per heavy atom. The highest BCUT2D eigenvalue weighted by Gasteiger charge is 2.35. The number of fused-ring (bicyclic) bond motifs is 1. The average molecular weight is 228 g/mol. The lowest BCUT2D eigenvalue weighted by Gasteiger charge is -2.47. The zero-order valence-corrected chi connectivity index (χ0v) is 11.1. The smallest absolute Gasteiger partial charge is 0.0991 e. The van der Waals surface area contributed by atoms with Gasteiger partial charge >= 0.3 is 0 Å². The minimum atomic E-state index is 0.204. The summed E-state index contributed by atoms with van der Waals surface area (Å²) >= 11 is 0. The molecule has 1 heterocycles. The van der Waals surface area contributed by atoms with Crippen molar-refractivity contribution in [1.29, 1.82) is 5.26 Å². The Balaban J connectivity index is 2.56. The predicted molar refractivity (Wildman–Crippen MR) is 71.3 cm³/mol. The van der Waals surface area contributed by atoms with Crippen LogP contribution in [0.15, 0.2) is 18.2 Å². The van der Waals surface area contributed by atoms with Gasteiger partial charge in [-0.05, 0) is 56.9 Å².